The summed E-state index contributed by atoms with van der Waals surface area (Å²) in [5.41, 5.74) is 0.851. The normalized spacial score (nSPS) is 11.3. The molecule has 0 aliphatic heterocycles. The van der Waals surface area contributed by atoms with Crippen LogP contribution >= 0.6 is 0 Å². The largest absolute Gasteiger partial charge is 0.420 e. The van der Waals surface area contributed by atoms with Crippen molar-refractivity contribution in [2.75, 3.05) is 5.32 Å². The van der Waals surface area contributed by atoms with Gasteiger partial charge in [-0.05, 0) is 24.6 Å². The summed E-state index contributed by atoms with van der Waals surface area (Å²) in [5.74, 6) is -0.192. The maximum absolute atomic E-state index is 12.9. The average Bonchev–Trinajstić information content (AvgIpc) is 2.73. The summed E-state index contributed by atoms with van der Waals surface area (Å²) in [4.78, 5) is 20.2. The predicted octanol–water partition coefficient (Wildman–Crippen LogP) is 3.21. The molecular formula is C18H10F3N9. The van der Waals surface area contributed by atoms with Gasteiger partial charge in [0.15, 0.2) is 11.3 Å². The van der Waals surface area contributed by atoms with Crippen LogP contribution in [-0.2, 0) is 6.18 Å². The van der Waals surface area contributed by atoms with Crippen LogP contribution in [0.25, 0.3) is 22.6 Å². The van der Waals surface area contributed by atoms with Gasteiger partial charge in [-0.1, -0.05) is 0 Å². The number of hydrogen-bond acceptors (Lipinski definition) is 9. The number of pyridine rings is 1. The third kappa shape index (κ3) is 3.55. The molecule has 9 nitrogen and oxygen atoms in total. The highest BCUT2D eigenvalue weighted by atomic mass is 19.4. The Balaban J connectivity index is 1.72. The SMILES string of the molecule is Cc1ccnnc1-c1cnc2c(Nc3ncc(C(F)(F)F)c(C#N)n3)ccnc2n1. The van der Waals surface area contributed by atoms with Crippen LogP contribution in [0.2, 0.25) is 0 Å². The number of halogens is 3. The van der Waals surface area contributed by atoms with E-state index in [9.17, 15) is 13.2 Å². The fourth-order valence-corrected chi connectivity index (χ4v) is 2.64. The molecule has 12 heteroatoms. The van der Waals surface area contributed by atoms with Gasteiger partial charge in [0, 0.05) is 18.6 Å². The van der Waals surface area contributed by atoms with E-state index in [1.807, 2.05) is 6.92 Å². The Kier molecular flexibility index (Phi) is 4.63. The molecule has 0 fully saturated rings. The Morgan fingerprint density at radius 2 is 1.87 bits per heavy atom. The van der Waals surface area contributed by atoms with Crippen LogP contribution in [0.15, 0.2) is 36.9 Å². The molecule has 0 aliphatic carbocycles. The number of nitrogens with one attached hydrogen (secondary N) is 1. The molecule has 4 heterocycles. The molecule has 0 aromatic carbocycles. The molecule has 0 bridgehead atoms. The van der Waals surface area contributed by atoms with E-state index >= 15 is 0 Å². The lowest BCUT2D eigenvalue weighted by atomic mass is 10.2. The maximum Gasteiger partial charge on any atom is 0.420 e. The fourth-order valence-electron chi connectivity index (χ4n) is 2.64. The van der Waals surface area contributed by atoms with Crippen molar-refractivity contribution in [2.45, 2.75) is 13.1 Å². The van der Waals surface area contributed by atoms with Crippen molar-refractivity contribution in [3.63, 3.8) is 0 Å². The highest BCUT2D eigenvalue weighted by Gasteiger charge is 2.35. The van der Waals surface area contributed by atoms with E-state index < -0.39 is 17.4 Å². The molecule has 148 valence electrons. The Bertz CT molecular complexity index is 1300. The fraction of sp³-hybridized carbons (Fsp3) is 0.111. The third-order valence-corrected chi connectivity index (χ3v) is 4.06. The van der Waals surface area contributed by atoms with Gasteiger partial charge >= 0.3 is 6.18 Å². The predicted molar refractivity (Wildman–Crippen MR) is 98.1 cm³/mol. The quantitative estimate of drug-likeness (QED) is 0.543. The van der Waals surface area contributed by atoms with Crippen molar-refractivity contribution in [3.8, 4) is 17.5 Å². The number of alkyl halides is 3. The molecule has 0 spiro atoms. The Morgan fingerprint density at radius 1 is 1.03 bits per heavy atom. The van der Waals surface area contributed by atoms with Gasteiger partial charge in [0.2, 0.25) is 5.95 Å². The lowest BCUT2D eigenvalue weighted by molar-refractivity contribution is -0.138. The summed E-state index contributed by atoms with van der Waals surface area (Å²) in [5, 5.41) is 19.7. The van der Waals surface area contributed by atoms with Gasteiger partial charge < -0.3 is 5.32 Å². The van der Waals surface area contributed by atoms with E-state index in [4.69, 9.17) is 5.26 Å². The van der Waals surface area contributed by atoms with E-state index in [1.165, 1.54) is 24.5 Å². The summed E-state index contributed by atoms with van der Waals surface area (Å²) < 4.78 is 38.8. The first-order valence-electron chi connectivity index (χ1n) is 8.38. The van der Waals surface area contributed by atoms with Crippen molar-refractivity contribution < 1.29 is 13.2 Å². The monoisotopic (exact) mass is 409 g/mol. The number of nitrogens with zero attached hydrogens (tertiary/aromatic N) is 8. The number of rotatable bonds is 3. The van der Waals surface area contributed by atoms with Crippen LogP contribution in [-0.4, -0.2) is 35.1 Å². The molecular weight excluding hydrogens is 399 g/mol. The van der Waals surface area contributed by atoms with Gasteiger partial charge in [0.25, 0.3) is 0 Å². The molecule has 1 N–H and O–H groups in total. The first kappa shape index (κ1) is 19.1. The minimum absolute atomic E-state index is 0.192. The molecule has 4 aromatic rings. The topological polar surface area (TPSA) is 126 Å². The van der Waals surface area contributed by atoms with E-state index in [2.05, 4.69) is 40.4 Å². The standard InChI is InChI=1S/C18H10F3N9/c1-9-2-5-26-30-14(9)13-8-24-15-11(3-4-23-16(15)27-13)28-17-25-7-10(18(19,20)21)12(6-22)29-17/h2-5,7-8H,1H3,(H,23,25,27,28,29). The van der Waals surface area contributed by atoms with Crippen molar-refractivity contribution in [3.05, 3.63) is 53.7 Å². The van der Waals surface area contributed by atoms with Crippen molar-refractivity contribution in [1.29, 1.82) is 5.26 Å². The molecule has 0 saturated heterocycles. The third-order valence-electron chi connectivity index (χ3n) is 4.06. The van der Waals surface area contributed by atoms with Crippen LogP contribution in [0.5, 0.6) is 0 Å². The van der Waals surface area contributed by atoms with Crippen LogP contribution in [0.3, 0.4) is 0 Å². The number of aryl methyl sites for hydroxylation is 1. The zero-order valence-corrected chi connectivity index (χ0v) is 15.2. The second-order valence-electron chi connectivity index (χ2n) is 6.04. The minimum atomic E-state index is -4.73. The Morgan fingerprint density at radius 3 is 2.60 bits per heavy atom. The van der Waals surface area contributed by atoms with Crippen molar-refractivity contribution in [2.24, 2.45) is 0 Å². The molecule has 4 rings (SSSR count). The molecule has 0 saturated carbocycles. The molecule has 0 aliphatic rings. The van der Waals surface area contributed by atoms with Gasteiger partial charge in [-0.15, -0.1) is 5.10 Å². The zero-order valence-electron chi connectivity index (χ0n) is 15.2. The summed E-state index contributed by atoms with van der Waals surface area (Å²) in [6, 6.07) is 4.76. The molecule has 0 atom stereocenters. The number of nitriles is 1. The van der Waals surface area contributed by atoms with Gasteiger partial charge in [-0.3, -0.25) is 0 Å². The second-order valence-corrected chi connectivity index (χ2v) is 6.04. The molecule has 0 unspecified atom stereocenters. The highest BCUT2D eigenvalue weighted by molar-refractivity contribution is 5.87. The van der Waals surface area contributed by atoms with Crippen LogP contribution in [0.4, 0.5) is 24.8 Å². The average molecular weight is 409 g/mol. The molecule has 0 amide bonds. The van der Waals surface area contributed by atoms with E-state index in [0.717, 1.165) is 5.56 Å². The smallest absolute Gasteiger partial charge is 0.322 e. The highest BCUT2D eigenvalue weighted by Crippen LogP contribution is 2.31. The lowest BCUT2D eigenvalue weighted by Crippen LogP contribution is -2.11. The van der Waals surface area contributed by atoms with Crippen LogP contribution < -0.4 is 5.32 Å². The minimum Gasteiger partial charge on any atom is -0.322 e. The number of fused-ring (bicyclic) bond motifs is 1. The first-order valence-corrected chi connectivity index (χ1v) is 8.38. The molecule has 30 heavy (non-hydrogen) atoms. The zero-order chi connectivity index (χ0) is 21.3. The lowest BCUT2D eigenvalue weighted by Gasteiger charge is -2.11. The van der Waals surface area contributed by atoms with Gasteiger partial charge in [0.1, 0.15) is 28.5 Å². The second kappa shape index (κ2) is 7.28. The Hall–Kier alpha value is -4.27. The number of hydrogen-bond donors (Lipinski definition) is 1. The first-order chi connectivity index (χ1) is 14.4. The summed E-state index contributed by atoms with van der Waals surface area (Å²) in [6.07, 6.45) is 0.320. The maximum atomic E-state index is 12.9. The Labute approximate surface area is 166 Å². The molecule has 4 aromatic heterocycles. The van der Waals surface area contributed by atoms with Gasteiger partial charge in [0.05, 0.1) is 11.9 Å². The summed E-state index contributed by atoms with van der Waals surface area (Å²) in [6.45, 7) is 1.86. The van der Waals surface area contributed by atoms with Crippen LogP contribution in [0, 0.1) is 18.3 Å². The van der Waals surface area contributed by atoms with E-state index in [0.29, 0.717) is 28.8 Å². The van der Waals surface area contributed by atoms with E-state index in [-0.39, 0.29) is 11.6 Å². The number of anilines is 2. The number of aromatic nitrogens is 7. The van der Waals surface area contributed by atoms with Crippen molar-refractivity contribution in [1.82, 2.24) is 35.1 Å². The summed E-state index contributed by atoms with van der Waals surface area (Å²) in [7, 11) is 0. The van der Waals surface area contributed by atoms with Gasteiger partial charge in [-0.2, -0.15) is 23.5 Å². The molecule has 0 radical (unpaired) electrons. The summed E-state index contributed by atoms with van der Waals surface area (Å²) >= 11 is 0. The van der Waals surface area contributed by atoms with Crippen molar-refractivity contribution >= 4 is 22.8 Å². The van der Waals surface area contributed by atoms with E-state index in [1.54, 1.807) is 12.3 Å². The van der Waals surface area contributed by atoms with Gasteiger partial charge in [-0.25, -0.2) is 24.9 Å². The van der Waals surface area contributed by atoms with Crippen LogP contribution in [0.1, 0.15) is 16.8 Å².